The van der Waals surface area contributed by atoms with E-state index in [0.717, 1.165) is 15.6 Å². The number of hydrogen-bond acceptors (Lipinski definition) is 0. The zero-order valence-electron chi connectivity index (χ0n) is 10.3. The minimum atomic E-state index is -1.32. The van der Waals surface area contributed by atoms with Crippen LogP contribution in [0, 0.1) is 0 Å². The zero-order valence-corrected chi connectivity index (χ0v) is 9.87. The molecule has 0 fully saturated rings. The summed E-state index contributed by atoms with van der Waals surface area (Å²) >= 11 is 3.38. The summed E-state index contributed by atoms with van der Waals surface area (Å²) in [5, 5.41) is 0. The smallest absolute Gasteiger partial charge is 0.0319 e. The normalized spacial score (nSPS) is 13.1. The largest absolute Gasteiger partial charge is 0.0622 e. The van der Waals surface area contributed by atoms with Gasteiger partial charge in [0.2, 0.25) is 0 Å². The van der Waals surface area contributed by atoms with Crippen molar-refractivity contribution in [3.63, 3.8) is 0 Å². The van der Waals surface area contributed by atoms with E-state index in [1.54, 1.807) is 0 Å². The lowest BCUT2D eigenvalue weighted by Crippen LogP contribution is -1.90. The molecule has 2 aromatic rings. The quantitative estimate of drug-likeness (QED) is 0.777. The van der Waals surface area contributed by atoms with Gasteiger partial charge in [0.1, 0.15) is 0 Å². The van der Waals surface area contributed by atoms with Gasteiger partial charge >= 0.3 is 0 Å². The van der Waals surface area contributed by atoms with E-state index in [9.17, 15) is 0 Å². The third-order valence-electron chi connectivity index (χ3n) is 2.18. The van der Waals surface area contributed by atoms with Gasteiger partial charge in [-0.2, -0.15) is 0 Å². The predicted molar refractivity (Wildman–Crippen MR) is 68.0 cm³/mol. The number of hydrogen-bond donors (Lipinski definition) is 0. The molecule has 0 aromatic heterocycles. The molecule has 0 aliphatic carbocycles. The molecule has 0 radical (unpaired) electrons. The molecule has 2 aromatic carbocycles. The summed E-state index contributed by atoms with van der Waals surface area (Å²) < 4.78 is 17.2. The summed E-state index contributed by atoms with van der Waals surface area (Å²) in [5.41, 5.74) is 1.73. The van der Waals surface area contributed by atoms with E-state index >= 15 is 0 Å². The molecular weight excluding hydrogens is 248 g/mol. The second-order valence-corrected chi connectivity index (χ2v) is 4.26. The lowest BCUT2D eigenvalue weighted by atomic mass is 10.0. The van der Waals surface area contributed by atoms with Crippen molar-refractivity contribution in [2.45, 2.75) is 12.8 Å². The third kappa shape index (κ3) is 3.21. The minimum absolute atomic E-state index is 0.393. The molecule has 0 heterocycles. The second kappa shape index (κ2) is 5.13. The average Bonchev–Trinajstić information content (AvgIpc) is 2.33. The molecular formula is C14H13Br. The Bertz CT molecular complexity index is 477. The first-order valence-corrected chi connectivity index (χ1v) is 5.67. The molecule has 0 N–H and O–H groups in total. The molecule has 0 spiro atoms. The molecule has 0 amide bonds. The van der Waals surface area contributed by atoms with Gasteiger partial charge in [-0.3, -0.25) is 0 Å². The van der Waals surface area contributed by atoms with E-state index in [4.69, 9.17) is 2.74 Å². The Morgan fingerprint density at radius 2 is 1.53 bits per heavy atom. The highest BCUT2D eigenvalue weighted by atomic mass is 79.9. The van der Waals surface area contributed by atoms with Crippen molar-refractivity contribution in [2.75, 3.05) is 0 Å². The SMILES string of the molecule is [2H]C([2H])(Cc1ccc(Br)cc1)c1ccccc1. The highest BCUT2D eigenvalue weighted by Gasteiger charge is 1.95. The maximum atomic E-state index is 8.11. The van der Waals surface area contributed by atoms with Crippen molar-refractivity contribution in [1.82, 2.24) is 0 Å². The number of halogens is 1. The van der Waals surface area contributed by atoms with E-state index in [0.29, 0.717) is 6.42 Å². The van der Waals surface area contributed by atoms with Crippen LogP contribution >= 0.6 is 15.9 Å². The van der Waals surface area contributed by atoms with Gasteiger partial charge in [0.05, 0.1) is 0 Å². The Balaban J connectivity index is 2.20. The second-order valence-electron chi connectivity index (χ2n) is 3.35. The van der Waals surface area contributed by atoms with Gasteiger partial charge in [0, 0.05) is 7.21 Å². The van der Waals surface area contributed by atoms with Crippen LogP contribution in [0.3, 0.4) is 0 Å². The Morgan fingerprint density at radius 3 is 2.20 bits per heavy atom. The van der Waals surface area contributed by atoms with Crippen LogP contribution in [-0.4, -0.2) is 0 Å². The van der Waals surface area contributed by atoms with Crippen LogP contribution in [0.4, 0.5) is 0 Å². The van der Waals surface area contributed by atoms with Gasteiger partial charge in [0.25, 0.3) is 0 Å². The summed E-state index contributed by atoms with van der Waals surface area (Å²) in [6, 6.07) is 17.1. The molecule has 0 saturated carbocycles. The van der Waals surface area contributed by atoms with Crippen LogP contribution in [0.15, 0.2) is 59.1 Å². The van der Waals surface area contributed by atoms with Crippen LogP contribution in [0.25, 0.3) is 0 Å². The molecule has 0 bridgehead atoms. The standard InChI is InChI=1S/C14H13Br/c15-14-10-8-13(9-11-14)7-6-12-4-2-1-3-5-12/h1-5,8-11H,6-7H2/i6D2. The Hall–Kier alpha value is -1.08. The Morgan fingerprint density at radius 1 is 0.867 bits per heavy atom. The highest BCUT2D eigenvalue weighted by molar-refractivity contribution is 9.10. The van der Waals surface area contributed by atoms with Crippen LogP contribution in [0.2, 0.25) is 0 Å². The van der Waals surface area contributed by atoms with Crippen molar-refractivity contribution in [2.24, 2.45) is 0 Å². The summed E-state index contributed by atoms with van der Waals surface area (Å²) in [6.07, 6.45) is -0.931. The number of rotatable bonds is 3. The summed E-state index contributed by atoms with van der Waals surface area (Å²) in [6.45, 7) is 0. The first kappa shape index (κ1) is 8.12. The van der Waals surface area contributed by atoms with E-state index in [-0.39, 0.29) is 0 Å². The lowest BCUT2D eigenvalue weighted by molar-refractivity contribution is 0.960. The Kier molecular flexibility index (Phi) is 2.77. The fourth-order valence-corrected chi connectivity index (χ4v) is 1.63. The summed E-state index contributed by atoms with van der Waals surface area (Å²) in [7, 11) is 0. The van der Waals surface area contributed by atoms with Crippen LogP contribution < -0.4 is 0 Å². The molecule has 0 atom stereocenters. The first-order valence-electron chi connectivity index (χ1n) is 5.88. The number of aryl methyl sites for hydroxylation is 2. The maximum Gasteiger partial charge on any atom is 0.0319 e. The van der Waals surface area contributed by atoms with E-state index in [1.165, 1.54) is 0 Å². The fraction of sp³-hybridized carbons (Fsp3) is 0.143. The van der Waals surface area contributed by atoms with Crippen molar-refractivity contribution in [3.8, 4) is 0 Å². The van der Waals surface area contributed by atoms with Gasteiger partial charge in [-0.25, -0.2) is 0 Å². The van der Waals surface area contributed by atoms with Gasteiger partial charge < -0.3 is 0 Å². The third-order valence-corrected chi connectivity index (χ3v) is 2.71. The van der Waals surface area contributed by atoms with Crippen LogP contribution in [0.1, 0.15) is 13.9 Å². The van der Waals surface area contributed by atoms with Gasteiger partial charge in [-0.15, -0.1) is 0 Å². The number of benzene rings is 2. The van der Waals surface area contributed by atoms with E-state index < -0.39 is 6.37 Å². The van der Waals surface area contributed by atoms with Crippen LogP contribution in [0.5, 0.6) is 0 Å². The molecule has 15 heavy (non-hydrogen) atoms. The monoisotopic (exact) mass is 262 g/mol. The van der Waals surface area contributed by atoms with Crippen LogP contribution in [-0.2, 0) is 12.8 Å². The maximum absolute atomic E-state index is 8.11. The van der Waals surface area contributed by atoms with E-state index in [2.05, 4.69) is 15.9 Å². The molecule has 0 aliphatic heterocycles. The van der Waals surface area contributed by atoms with Gasteiger partial charge in [-0.05, 0) is 36.1 Å². The van der Waals surface area contributed by atoms with Gasteiger partial charge in [-0.1, -0.05) is 58.4 Å². The lowest BCUT2D eigenvalue weighted by Gasteiger charge is -2.01. The fourth-order valence-electron chi connectivity index (χ4n) is 1.36. The molecule has 2 rings (SSSR count). The van der Waals surface area contributed by atoms with Crippen molar-refractivity contribution in [1.29, 1.82) is 0 Å². The van der Waals surface area contributed by atoms with Crippen molar-refractivity contribution >= 4 is 15.9 Å². The molecule has 76 valence electrons. The molecule has 0 aliphatic rings. The highest BCUT2D eigenvalue weighted by Crippen LogP contribution is 2.12. The first-order chi connectivity index (χ1) is 8.08. The summed E-state index contributed by atoms with van der Waals surface area (Å²) in [5.74, 6) is 0. The predicted octanol–water partition coefficient (Wildman–Crippen LogP) is 4.23. The van der Waals surface area contributed by atoms with Crippen molar-refractivity contribution < 1.29 is 2.74 Å². The molecule has 0 nitrogen and oxygen atoms in total. The molecule has 0 unspecified atom stereocenters. The minimum Gasteiger partial charge on any atom is -0.0622 e. The average molecular weight is 263 g/mol. The van der Waals surface area contributed by atoms with E-state index in [1.807, 2.05) is 54.6 Å². The zero-order chi connectivity index (χ0) is 12.3. The Labute approximate surface area is 102 Å². The van der Waals surface area contributed by atoms with Gasteiger partial charge in [0.15, 0.2) is 0 Å². The summed E-state index contributed by atoms with van der Waals surface area (Å²) in [4.78, 5) is 0. The van der Waals surface area contributed by atoms with Crippen molar-refractivity contribution in [3.05, 3.63) is 70.2 Å². The topological polar surface area (TPSA) is 0 Å². The molecule has 0 saturated heterocycles. The molecule has 1 heteroatoms.